The predicted molar refractivity (Wildman–Crippen MR) is 93.7 cm³/mol. The van der Waals surface area contributed by atoms with Gasteiger partial charge in [0.15, 0.2) is 0 Å². The number of sulfonamides is 1. The zero-order valence-corrected chi connectivity index (χ0v) is 15.3. The molecular weight excluding hydrogens is 324 g/mol. The van der Waals surface area contributed by atoms with Crippen LogP contribution in [-0.2, 0) is 14.8 Å². The van der Waals surface area contributed by atoms with Crippen molar-refractivity contribution in [3.05, 3.63) is 0 Å². The molecule has 1 atom stereocenters. The maximum Gasteiger partial charge on any atom is 0.329 e. The first-order chi connectivity index (χ1) is 10.1. The van der Waals surface area contributed by atoms with Crippen LogP contribution in [0.5, 0.6) is 0 Å². The second-order valence-corrected chi connectivity index (χ2v) is 9.85. The van der Waals surface area contributed by atoms with E-state index in [2.05, 4.69) is 8.44 Å². The lowest BCUT2D eigenvalue weighted by Gasteiger charge is -2.33. The summed E-state index contributed by atoms with van der Waals surface area (Å²) in [6.45, 7) is 0.235. The minimum absolute atomic E-state index is 0.0644. The molecular formula is C13H25BNO3PS2. The molecule has 0 aromatic rings. The van der Waals surface area contributed by atoms with Gasteiger partial charge in [-0.25, -0.2) is 8.42 Å². The molecule has 2 aliphatic carbocycles. The average molecular weight is 349 g/mol. The molecule has 0 radical (unpaired) electrons. The molecule has 1 amide bonds. The SMILES string of the molecule is O=C(C1CCC1)N(BSP)S(=O)(=O)C1CCCCCCC1. The largest absolute Gasteiger partial charge is 0.329 e. The average Bonchev–Trinajstić information content (AvgIpc) is 2.32. The summed E-state index contributed by atoms with van der Waals surface area (Å²) in [5.41, 5.74) is 0. The molecule has 120 valence electrons. The van der Waals surface area contributed by atoms with E-state index in [0.717, 1.165) is 44.9 Å². The van der Waals surface area contributed by atoms with Crippen LogP contribution in [0.4, 0.5) is 0 Å². The van der Waals surface area contributed by atoms with Crippen LogP contribution in [0.25, 0.3) is 0 Å². The van der Waals surface area contributed by atoms with E-state index in [1.54, 1.807) is 0 Å². The van der Waals surface area contributed by atoms with Crippen molar-refractivity contribution in [3.8, 4) is 0 Å². The molecule has 2 rings (SSSR count). The van der Waals surface area contributed by atoms with Crippen LogP contribution in [0.2, 0.25) is 0 Å². The van der Waals surface area contributed by atoms with Crippen LogP contribution in [0.3, 0.4) is 0 Å². The topological polar surface area (TPSA) is 54.5 Å². The third-order valence-electron chi connectivity index (χ3n) is 4.67. The standard InChI is InChI=1S/C13H25BNO3PS2/c16-13(11-7-6-8-11)15(14-20-19)21(17,18)12-9-4-2-1-3-5-10-12/h11-12,14H,1-10,19H2. The molecule has 0 spiro atoms. The van der Waals surface area contributed by atoms with Gasteiger partial charge in [0.1, 0.15) is 0 Å². The van der Waals surface area contributed by atoms with Crippen molar-refractivity contribution in [2.75, 3.05) is 0 Å². The lowest BCUT2D eigenvalue weighted by atomic mass is 9.84. The fraction of sp³-hybridized carbons (Fsp3) is 0.923. The van der Waals surface area contributed by atoms with Crippen molar-refractivity contribution in [3.63, 3.8) is 0 Å². The molecule has 0 saturated heterocycles. The van der Waals surface area contributed by atoms with Gasteiger partial charge in [-0.1, -0.05) is 47.0 Å². The summed E-state index contributed by atoms with van der Waals surface area (Å²) in [6, 6.07) is 0. The predicted octanol–water partition coefficient (Wildman–Crippen LogP) is 2.85. The second-order valence-electron chi connectivity index (χ2n) is 6.12. The normalized spacial score (nSPS) is 22.0. The van der Waals surface area contributed by atoms with Gasteiger partial charge in [0.2, 0.25) is 15.9 Å². The van der Waals surface area contributed by atoms with Crippen molar-refractivity contribution in [2.45, 2.75) is 69.5 Å². The molecule has 0 N–H and O–H groups in total. The summed E-state index contributed by atoms with van der Waals surface area (Å²) in [7, 11) is -1.04. The van der Waals surface area contributed by atoms with Crippen molar-refractivity contribution in [2.24, 2.45) is 5.92 Å². The molecule has 8 heteroatoms. The van der Waals surface area contributed by atoms with Crippen LogP contribution in [-0.4, -0.2) is 30.5 Å². The molecule has 1 unspecified atom stereocenters. The van der Waals surface area contributed by atoms with E-state index in [1.165, 1.54) is 21.9 Å². The summed E-state index contributed by atoms with van der Waals surface area (Å²) in [4.78, 5) is 12.5. The third-order valence-corrected chi connectivity index (χ3v) is 7.93. The Labute approximate surface area is 135 Å². The summed E-state index contributed by atoms with van der Waals surface area (Å²) in [5, 5.41) is -0.362. The van der Waals surface area contributed by atoms with E-state index in [9.17, 15) is 13.2 Å². The lowest BCUT2D eigenvalue weighted by Crippen LogP contribution is -2.47. The molecule has 0 aliphatic heterocycles. The molecule has 2 saturated carbocycles. The summed E-state index contributed by atoms with van der Waals surface area (Å²) >= 11 is 1.33. The lowest BCUT2D eigenvalue weighted by molar-refractivity contribution is -0.129. The number of carbonyl (C=O) groups excluding carboxylic acids is 1. The fourth-order valence-electron chi connectivity index (χ4n) is 3.09. The quantitative estimate of drug-likeness (QED) is 0.566. The molecule has 2 fully saturated rings. The minimum Gasteiger partial charge on any atom is -0.278 e. The van der Waals surface area contributed by atoms with Gasteiger partial charge in [-0.15, -0.1) is 0 Å². The molecule has 0 heterocycles. The molecule has 0 bridgehead atoms. The number of nitrogens with zero attached hydrogens (tertiary/aromatic N) is 1. The van der Waals surface area contributed by atoms with E-state index < -0.39 is 10.0 Å². The molecule has 0 aromatic carbocycles. The van der Waals surface area contributed by atoms with Crippen LogP contribution < -0.4 is 0 Å². The highest BCUT2D eigenvalue weighted by atomic mass is 32.7. The van der Waals surface area contributed by atoms with Gasteiger partial charge in [0.05, 0.1) is 5.25 Å². The van der Waals surface area contributed by atoms with E-state index in [1.807, 2.05) is 0 Å². The maximum atomic E-state index is 12.9. The number of amides is 1. The van der Waals surface area contributed by atoms with Gasteiger partial charge in [-0.2, -0.15) is 11.2 Å². The first-order valence-corrected chi connectivity index (χ1v) is 11.9. The van der Waals surface area contributed by atoms with Crippen molar-refractivity contribution in [1.82, 2.24) is 4.22 Å². The summed E-state index contributed by atoms with van der Waals surface area (Å²) < 4.78 is 27.0. The van der Waals surface area contributed by atoms with E-state index >= 15 is 0 Å². The zero-order chi connectivity index (χ0) is 15.3. The van der Waals surface area contributed by atoms with Gasteiger partial charge < -0.3 is 0 Å². The number of carbonyl (C=O) groups is 1. The van der Waals surface area contributed by atoms with Crippen molar-refractivity contribution >= 4 is 42.3 Å². The third kappa shape index (κ3) is 4.39. The van der Waals surface area contributed by atoms with Crippen LogP contribution in [0.1, 0.15) is 64.2 Å². The Morgan fingerprint density at radius 2 is 1.57 bits per heavy atom. The van der Waals surface area contributed by atoms with Gasteiger partial charge >= 0.3 is 6.69 Å². The number of hydrogen-bond acceptors (Lipinski definition) is 4. The monoisotopic (exact) mass is 349 g/mol. The number of rotatable bonds is 5. The Morgan fingerprint density at radius 1 is 1.00 bits per heavy atom. The molecule has 0 aromatic heterocycles. The minimum atomic E-state index is -3.50. The smallest absolute Gasteiger partial charge is 0.278 e. The van der Waals surface area contributed by atoms with Crippen LogP contribution in [0, 0.1) is 5.92 Å². The number of hydrogen-bond donors (Lipinski definition) is 0. The van der Waals surface area contributed by atoms with Gasteiger partial charge in [-0.05, 0) is 25.7 Å². The fourth-order valence-corrected chi connectivity index (χ4v) is 6.58. The molecule has 2 aliphatic rings. The zero-order valence-electron chi connectivity index (χ0n) is 12.5. The summed E-state index contributed by atoms with van der Waals surface area (Å²) in [5.74, 6) is -0.233. The Hall–Kier alpha value is 0.265. The van der Waals surface area contributed by atoms with E-state index in [0.29, 0.717) is 12.8 Å². The maximum absolute atomic E-state index is 12.9. The Kier molecular flexibility index (Phi) is 6.89. The first-order valence-electron chi connectivity index (χ1n) is 7.94. The Bertz CT molecular complexity index is 448. The highest BCUT2D eigenvalue weighted by molar-refractivity contribution is 8.58. The van der Waals surface area contributed by atoms with Gasteiger partial charge in [0.25, 0.3) is 0 Å². The molecule has 21 heavy (non-hydrogen) atoms. The van der Waals surface area contributed by atoms with Gasteiger partial charge in [-0.3, -0.25) is 9.01 Å². The summed E-state index contributed by atoms with van der Waals surface area (Å²) in [6.07, 6.45) is 9.50. The highest BCUT2D eigenvalue weighted by Gasteiger charge is 2.39. The van der Waals surface area contributed by atoms with Crippen LogP contribution in [0.15, 0.2) is 0 Å². The van der Waals surface area contributed by atoms with E-state index in [4.69, 9.17) is 0 Å². The van der Waals surface area contributed by atoms with E-state index in [-0.39, 0.29) is 23.8 Å². The van der Waals surface area contributed by atoms with Crippen molar-refractivity contribution < 1.29 is 13.2 Å². The highest BCUT2D eigenvalue weighted by Crippen LogP contribution is 2.32. The van der Waals surface area contributed by atoms with Gasteiger partial charge in [0, 0.05) is 5.92 Å². The second kappa shape index (κ2) is 8.21. The Balaban J connectivity index is 2.12. The Morgan fingerprint density at radius 3 is 2.05 bits per heavy atom. The van der Waals surface area contributed by atoms with Crippen LogP contribution >= 0.6 is 19.7 Å². The van der Waals surface area contributed by atoms with Crippen molar-refractivity contribution in [1.29, 1.82) is 0 Å². The molecule has 4 nitrogen and oxygen atoms in total. The first kappa shape index (κ1) is 17.6.